The van der Waals surface area contributed by atoms with Crippen LogP contribution in [-0.2, 0) is 18.3 Å². The van der Waals surface area contributed by atoms with Crippen molar-refractivity contribution in [3.63, 3.8) is 0 Å². The van der Waals surface area contributed by atoms with Crippen LogP contribution in [0.2, 0.25) is 0 Å². The summed E-state index contributed by atoms with van der Waals surface area (Å²) >= 11 is 0. The molecule has 0 unspecified atom stereocenters. The van der Waals surface area contributed by atoms with Gasteiger partial charge in [-0.1, -0.05) is 0 Å². The van der Waals surface area contributed by atoms with E-state index < -0.39 is 11.3 Å². The molecule has 2 aromatic heterocycles. The lowest BCUT2D eigenvalue weighted by Gasteiger charge is -2.31. The normalized spacial score (nSPS) is 11.6. The van der Waals surface area contributed by atoms with Gasteiger partial charge in [0.05, 0.1) is 16.7 Å². The number of likely N-dealkylation sites (N-methyl/N-ethyl adjacent to an activating group) is 1. The third-order valence-electron chi connectivity index (χ3n) is 4.50. The Hall–Kier alpha value is -3.36. The number of aryl methyl sites for hydroxylation is 2. The van der Waals surface area contributed by atoms with Crippen molar-refractivity contribution in [2.45, 2.75) is 32.2 Å². The molecule has 0 atom stereocenters. The monoisotopic (exact) mass is 399 g/mol. The van der Waals surface area contributed by atoms with Crippen LogP contribution in [0.4, 0.5) is 0 Å². The van der Waals surface area contributed by atoms with Gasteiger partial charge in [-0.3, -0.25) is 19.3 Å². The number of aromatic nitrogens is 3. The molecular formula is C20H25N5O4. The van der Waals surface area contributed by atoms with E-state index in [4.69, 9.17) is 4.42 Å². The highest BCUT2D eigenvalue weighted by molar-refractivity contribution is 5.97. The Balaban J connectivity index is 1.57. The Labute approximate surface area is 167 Å². The first-order valence-electron chi connectivity index (χ1n) is 9.31. The molecule has 3 aromatic rings. The second-order valence-electron chi connectivity index (χ2n) is 7.80. The molecule has 2 heterocycles. The number of nitrogens with one attached hydrogen (secondary N) is 2. The van der Waals surface area contributed by atoms with Crippen LogP contribution >= 0.6 is 0 Å². The van der Waals surface area contributed by atoms with Crippen LogP contribution < -0.4 is 11.1 Å². The van der Waals surface area contributed by atoms with Crippen LogP contribution in [0.15, 0.2) is 39.7 Å². The number of hydrogen-bond donors (Lipinski definition) is 2. The number of hydrogen-bond acceptors (Lipinski definition) is 5. The minimum absolute atomic E-state index is 0.0982. The van der Waals surface area contributed by atoms with E-state index in [0.29, 0.717) is 36.0 Å². The van der Waals surface area contributed by atoms with Gasteiger partial charge in [-0.25, -0.2) is 4.79 Å². The number of aromatic amines is 1. The first kappa shape index (κ1) is 20.4. The minimum Gasteiger partial charge on any atom is -0.408 e. The van der Waals surface area contributed by atoms with Gasteiger partial charge in [0.15, 0.2) is 5.58 Å². The van der Waals surface area contributed by atoms with Crippen LogP contribution in [0.1, 0.15) is 36.3 Å². The number of benzene rings is 1. The molecule has 2 amide bonds. The highest BCUT2D eigenvalue weighted by atomic mass is 16.4. The summed E-state index contributed by atoms with van der Waals surface area (Å²) in [4.78, 5) is 40.4. The fraction of sp³-hybridized carbons (Fsp3) is 0.400. The summed E-state index contributed by atoms with van der Waals surface area (Å²) in [7, 11) is 3.51. The van der Waals surface area contributed by atoms with Crippen molar-refractivity contribution in [1.82, 2.24) is 25.0 Å². The van der Waals surface area contributed by atoms with Crippen molar-refractivity contribution in [1.29, 1.82) is 0 Å². The molecular weight excluding hydrogens is 374 g/mol. The lowest BCUT2D eigenvalue weighted by atomic mass is 10.0. The number of rotatable bonds is 7. The quantitative estimate of drug-likeness (QED) is 0.624. The molecule has 0 spiro atoms. The van der Waals surface area contributed by atoms with Crippen LogP contribution in [-0.4, -0.2) is 50.6 Å². The summed E-state index contributed by atoms with van der Waals surface area (Å²) in [5.74, 6) is -0.879. The largest absolute Gasteiger partial charge is 0.417 e. The lowest BCUT2D eigenvalue weighted by molar-refractivity contribution is -0.122. The molecule has 0 aliphatic rings. The van der Waals surface area contributed by atoms with Crippen molar-refractivity contribution in [2.75, 3.05) is 13.6 Å². The van der Waals surface area contributed by atoms with E-state index in [2.05, 4.69) is 15.4 Å². The number of amides is 2. The second kappa shape index (κ2) is 7.94. The maximum atomic E-state index is 12.8. The van der Waals surface area contributed by atoms with Crippen LogP contribution in [0.25, 0.3) is 11.1 Å². The van der Waals surface area contributed by atoms with E-state index in [1.165, 1.54) is 0 Å². The zero-order valence-electron chi connectivity index (χ0n) is 17.0. The van der Waals surface area contributed by atoms with Crippen molar-refractivity contribution in [3.05, 3.63) is 52.3 Å². The van der Waals surface area contributed by atoms with E-state index in [0.717, 1.165) is 5.69 Å². The third-order valence-corrected chi connectivity index (χ3v) is 4.50. The Morgan fingerprint density at radius 3 is 2.76 bits per heavy atom. The standard InChI is InChI=1S/C20H25N5O4/c1-20(2,22-17(26)8-6-14-9-10-25(4)23-14)12-24(3)18(27)13-5-7-16-15(11-13)21-19(28)29-16/h5,7,9-11H,6,8,12H2,1-4H3,(H,21,28)(H,22,26). The average molecular weight is 399 g/mol. The Kier molecular flexibility index (Phi) is 5.58. The van der Waals surface area contributed by atoms with Crippen molar-refractivity contribution in [3.8, 4) is 0 Å². The van der Waals surface area contributed by atoms with E-state index in [-0.39, 0.29) is 11.8 Å². The molecule has 3 rings (SSSR count). The Morgan fingerprint density at radius 1 is 1.31 bits per heavy atom. The molecule has 1 aromatic carbocycles. The van der Waals surface area contributed by atoms with E-state index in [1.54, 1.807) is 34.8 Å². The number of carbonyl (C=O) groups excluding carboxylic acids is 2. The van der Waals surface area contributed by atoms with Gasteiger partial charge in [0.1, 0.15) is 0 Å². The van der Waals surface area contributed by atoms with Crippen molar-refractivity contribution >= 4 is 22.9 Å². The van der Waals surface area contributed by atoms with Gasteiger partial charge in [0.2, 0.25) is 5.91 Å². The molecule has 2 N–H and O–H groups in total. The van der Waals surface area contributed by atoms with E-state index in [9.17, 15) is 14.4 Å². The van der Waals surface area contributed by atoms with E-state index in [1.807, 2.05) is 33.2 Å². The number of fused-ring (bicyclic) bond motifs is 1. The fourth-order valence-corrected chi connectivity index (χ4v) is 3.29. The Bertz CT molecular complexity index is 1090. The first-order chi connectivity index (χ1) is 13.6. The minimum atomic E-state index is -0.611. The predicted molar refractivity (Wildman–Crippen MR) is 108 cm³/mol. The van der Waals surface area contributed by atoms with Crippen LogP contribution in [0.5, 0.6) is 0 Å². The maximum absolute atomic E-state index is 12.8. The lowest BCUT2D eigenvalue weighted by Crippen LogP contribution is -2.51. The van der Waals surface area contributed by atoms with Gasteiger partial charge in [-0.05, 0) is 38.1 Å². The second-order valence-corrected chi connectivity index (χ2v) is 7.80. The van der Waals surface area contributed by atoms with Crippen LogP contribution in [0.3, 0.4) is 0 Å². The average Bonchev–Trinajstić information content (AvgIpc) is 3.21. The van der Waals surface area contributed by atoms with Gasteiger partial charge in [-0.2, -0.15) is 5.10 Å². The summed E-state index contributed by atoms with van der Waals surface area (Å²) in [6.45, 7) is 4.06. The number of H-pyrrole nitrogens is 1. The molecule has 0 aliphatic carbocycles. The zero-order valence-corrected chi connectivity index (χ0v) is 17.0. The molecule has 0 radical (unpaired) electrons. The Morgan fingerprint density at radius 2 is 2.07 bits per heavy atom. The van der Waals surface area contributed by atoms with Gasteiger partial charge in [-0.15, -0.1) is 0 Å². The molecule has 0 bridgehead atoms. The summed E-state index contributed by atoms with van der Waals surface area (Å²) in [5.41, 5.74) is 1.54. The van der Waals surface area contributed by atoms with Gasteiger partial charge in [0, 0.05) is 45.2 Å². The fourth-order valence-electron chi connectivity index (χ4n) is 3.29. The van der Waals surface area contributed by atoms with Crippen molar-refractivity contribution in [2.24, 2.45) is 7.05 Å². The molecule has 9 nitrogen and oxygen atoms in total. The SMILES string of the molecule is CN(CC(C)(C)NC(=O)CCc1ccn(C)n1)C(=O)c1ccc2oc(=O)[nH]c2c1. The van der Waals surface area contributed by atoms with E-state index >= 15 is 0 Å². The molecule has 0 saturated heterocycles. The van der Waals surface area contributed by atoms with Gasteiger partial charge in [0.25, 0.3) is 5.91 Å². The predicted octanol–water partition coefficient (Wildman–Crippen LogP) is 1.45. The molecule has 0 aliphatic heterocycles. The molecule has 154 valence electrons. The topological polar surface area (TPSA) is 113 Å². The third kappa shape index (κ3) is 5.13. The number of oxazole rings is 1. The summed E-state index contributed by atoms with van der Waals surface area (Å²) < 4.78 is 6.66. The first-order valence-corrected chi connectivity index (χ1v) is 9.31. The number of nitrogens with zero attached hydrogens (tertiary/aromatic N) is 3. The summed E-state index contributed by atoms with van der Waals surface area (Å²) in [5, 5.41) is 7.24. The smallest absolute Gasteiger partial charge is 0.408 e. The summed E-state index contributed by atoms with van der Waals surface area (Å²) in [6.07, 6.45) is 2.72. The summed E-state index contributed by atoms with van der Waals surface area (Å²) in [6, 6.07) is 6.65. The highest BCUT2D eigenvalue weighted by Gasteiger charge is 2.25. The number of carbonyl (C=O) groups is 2. The zero-order chi connectivity index (χ0) is 21.2. The molecule has 9 heteroatoms. The molecule has 0 saturated carbocycles. The van der Waals surface area contributed by atoms with Gasteiger partial charge < -0.3 is 14.6 Å². The molecule has 29 heavy (non-hydrogen) atoms. The van der Waals surface area contributed by atoms with Crippen molar-refractivity contribution < 1.29 is 14.0 Å². The van der Waals surface area contributed by atoms with Crippen LogP contribution in [0, 0.1) is 0 Å². The molecule has 0 fully saturated rings. The van der Waals surface area contributed by atoms with Gasteiger partial charge >= 0.3 is 5.76 Å². The maximum Gasteiger partial charge on any atom is 0.417 e. The highest BCUT2D eigenvalue weighted by Crippen LogP contribution is 2.15.